The normalized spacial score (nSPS) is 13.9. The van der Waals surface area contributed by atoms with E-state index in [0.717, 1.165) is 47.9 Å². The Kier molecular flexibility index (Phi) is 6.77. The van der Waals surface area contributed by atoms with Gasteiger partial charge in [-0.3, -0.25) is 0 Å². The Balaban J connectivity index is 1.32. The number of aromatic nitrogens is 2. The molecule has 4 aromatic rings. The Morgan fingerprint density at radius 2 is 1.53 bits per heavy atom. The van der Waals surface area contributed by atoms with Crippen LogP contribution < -0.4 is 15.1 Å². The average molecular weight is 481 g/mol. The number of hydrogen-bond donors (Lipinski definition) is 2. The number of likely N-dealkylation sites (N-methyl/N-ethyl adjacent to an activating group) is 1. The first-order valence-electron chi connectivity index (χ1n) is 11.9. The number of benzene rings is 3. The number of nitrogens with one attached hydrogen (secondary N) is 1. The lowest BCUT2D eigenvalue weighted by Gasteiger charge is -2.34. The molecule has 0 bridgehead atoms. The van der Waals surface area contributed by atoms with Gasteiger partial charge >= 0.3 is 6.09 Å². The van der Waals surface area contributed by atoms with Gasteiger partial charge < -0.3 is 20.2 Å². The standard InChI is InChI=1S/C28H28N6O2/c1-32-17-19-33(20-18-32)24-13-9-23(10-14-24)30-27-29-16-15-26(31-27)34(28(35)36)25-11-7-22(8-12-25)21-5-3-2-4-6-21/h2-16H,17-20H2,1H3,(H,35,36)(H,29,30,31). The Morgan fingerprint density at radius 3 is 2.19 bits per heavy atom. The lowest BCUT2D eigenvalue weighted by atomic mass is 10.1. The van der Waals surface area contributed by atoms with Crippen LogP contribution in [0, 0.1) is 0 Å². The van der Waals surface area contributed by atoms with E-state index in [-0.39, 0.29) is 5.82 Å². The zero-order valence-corrected chi connectivity index (χ0v) is 20.1. The minimum atomic E-state index is -1.12. The smallest absolute Gasteiger partial charge is 0.417 e. The lowest BCUT2D eigenvalue weighted by molar-refractivity contribution is 0.204. The van der Waals surface area contributed by atoms with E-state index in [1.165, 1.54) is 5.69 Å². The summed E-state index contributed by atoms with van der Waals surface area (Å²) in [6.07, 6.45) is 0.431. The molecule has 1 aliphatic rings. The van der Waals surface area contributed by atoms with Gasteiger partial charge in [-0.1, -0.05) is 42.5 Å². The molecule has 1 saturated heterocycles. The summed E-state index contributed by atoms with van der Waals surface area (Å²) in [5.74, 6) is 0.591. The number of carboxylic acid groups (broad SMARTS) is 1. The quantitative estimate of drug-likeness (QED) is 0.379. The van der Waals surface area contributed by atoms with Crippen LogP contribution in [0.2, 0.25) is 0 Å². The highest BCUT2D eigenvalue weighted by Gasteiger charge is 2.19. The number of anilines is 5. The summed E-state index contributed by atoms with van der Waals surface area (Å²) in [6, 6.07) is 27.0. The first-order chi connectivity index (χ1) is 17.6. The van der Waals surface area contributed by atoms with Crippen LogP contribution in [0.4, 0.5) is 33.6 Å². The molecule has 36 heavy (non-hydrogen) atoms. The summed E-state index contributed by atoms with van der Waals surface area (Å²) in [6.45, 7) is 4.11. The fraction of sp³-hybridized carbons (Fsp3) is 0.179. The van der Waals surface area contributed by atoms with Crippen molar-refractivity contribution >= 4 is 34.9 Å². The van der Waals surface area contributed by atoms with Crippen LogP contribution in [-0.2, 0) is 0 Å². The summed E-state index contributed by atoms with van der Waals surface area (Å²) < 4.78 is 0. The molecule has 0 saturated carbocycles. The van der Waals surface area contributed by atoms with Crippen molar-refractivity contribution in [3.8, 4) is 11.1 Å². The molecule has 0 unspecified atom stereocenters. The van der Waals surface area contributed by atoms with Gasteiger partial charge in [0.25, 0.3) is 0 Å². The van der Waals surface area contributed by atoms with E-state index in [4.69, 9.17) is 0 Å². The number of piperazine rings is 1. The Hall–Kier alpha value is -4.43. The van der Waals surface area contributed by atoms with Crippen LogP contribution in [0.5, 0.6) is 0 Å². The van der Waals surface area contributed by atoms with E-state index < -0.39 is 6.09 Å². The number of carbonyl (C=O) groups is 1. The summed E-state index contributed by atoms with van der Waals surface area (Å²) in [5, 5.41) is 13.1. The number of nitrogens with zero attached hydrogens (tertiary/aromatic N) is 5. The molecule has 3 aromatic carbocycles. The molecule has 0 atom stereocenters. The maximum absolute atomic E-state index is 12.2. The highest BCUT2D eigenvalue weighted by atomic mass is 16.4. The molecule has 2 heterocycles. The summed E-state index contributed by atoms with van der Waals surface area (Å²) in [7, 11) is 2.14. The Morgan fingerprint density at radius 1 is 0.861 bits per heavy atom. The monoisotopic (exact) mass is 480 g/mol. The minimum absolute atomic E-state index is 0.265. The maximum Gasteiger partial charge on any atom is 0.417 e. The molecular weight excluding hydrogens is 452 g/mol. The van der Waals surface area contributed by atoms with Crippen molar-refractivity contribution < 1.29 is 9.90 Å². The van der Waals surface area contributed by atoms with Crippen molar-refractivity contribution in [3.63, 3.8) is 0 Å². The van der Waals surface area contributed by atoms with Gasteiger partial charge in [0, 0.05) is 49.8 Å². The highest BCUT2D eigenvalue weighted by molar-refractivity contribution is 5.94. The molecule has 8 heteroatoms. The highest BCUT2D eigenvalue weighted by Crippen LogP contribution is 2.28. The second-order valence-corrected chi connectivity index (χ2v) is 8.73. The molecule has 182 valence electrons. The van der Waals surface area contributed by atoms with Gasteiger partial charge in [-0.05, 0) is 54.6 Å². The van der Waals surface area contributed by atoms with E-state index in [1.54, 1.807) is 24.4 Å². The third kappa shape index (κ3) is 5.29. The second-order valence-electron chi connectivity index (χ2n) is 8.73. The molecule has 5 rings (SSSR count). The first-order valence-corrected chi connectivity index (χ1v) is 11.9. The fourth-order valence-corrected chi connectivity index (χ4v) is 4.26. The molecule has 1 aliphatic heterocycles. The van der Waals surface area contributed by atoms with Crippen LogP contribution in [0.25, 0.3) is 11.1 Å². The van der Waals surface area contributed by atoms with Gasteiger partial charge in [0.2, 0.25) is 5.95 Å². The molecule has 0 aliphatic carbocycles. The number of rotatable bonds is 6. The van der Waals surface area contributed by atoms with E-state index in [1.807, 2.05) is 54.6 Å². The van der Waals surface area contributed by atoms with E-state index in [0.29, 0.717) is 11.6 Å². The maximum atomic E-state index is 12.2. The van der Waals surface area contributed by atoms with Gasteiger partial charge in [-0.15, -0.1) is 0 Å². The predicted octanol–water partition coefficient (Wildman–Crippen LogP) is 5.46. The average Bonchev–Trinajstić information content (AvgIpc) is 2.91. The Bertz CT molecular complexity index is 1300. The van der Waals surface area contributed by atoms with Gasteiger partial charge in [-0.25, -0.2) is 14.7 Å². The van der Waals surface area contributed by atoms with Crippen molar-refractivity contribution in [3.05, 3.63) is 91.1 Å². The predicted molar refractivity (Wildman–Crippen MR) is 144 cm³/mol. The molecule has 1 amide bonds. The van der Waals surface area contributed by atoms with Crippen LogP contribution in [0.15, 0.2) is 91.1 Å². The third-order valence-corrected chi connectivity index (χ3v) is 6.29. The summed E-state index contributed by atoms with van der Waals surface area (Å²) >= 11 is 0. The van der Waals surface area contributed by atoms with E-state index >= 15 is 0 Å². The van der Waals surface area contributed by atoms with Crippen LogP contribution in [0.3, 0.4) is 0 Å². The largest absolute Gasteiger partial charge is 0.464 e. The molecular formula is C28H28N6O2. The summed E-state index contributed by atoms with van der Waals surface area (Å²) in [5.41, 5.74) is 4.59. The van der Waals surface area contributed by atoms with Gasteiger partial charge in [-0.2, -0.15) is 4.98 Å². The molecule has 0 radical (unpaired) electrons. The molecule has 0 spiro atoms. The second kappa shape index (κ2) is 10.5. The van der Waals surface area contributed by atoms with E-state index in [9.17, 15) is 9.90 Å². The number of amides is 1. The van der Waals surface area contributed by atoms with Gasteiger partial charge in [0.1, 0.15) is 5.82 Å². The van der Waals surface area contributed by atoms with Gasteiger partial charge in [0.15, 0.2) is 0 Å². The first kappa shape index (κ1) is 23.3. The Labute approximate surface area is 210 Å². The fourth-order valence-electron chi connectivity index (χ4n) is 4.26. The third-order valence-electron chi connectivity index (χ3n) is 6.29. The van der Waals surface area contributed by atoms with Crippen molar-refractivity contribution in [1.82, 2.24) is 14.9 Å². The molecule has 1 fully saturated rings. The van der Waals surface area contributed by atoms with Crippen molar-refractivity contribution in [2.24, 2.45) is 0 Å². The minimum Gasteiger partial charge on any atom is -0.464 e. The molecule has 8 nitrogen and oxygen atoms in total. The van der Waals surface area contributed by atoms with Crippen LogP contribution in [-0.4, -0.2) is 59.3 Å². The van der Waals surface area contributed by atoms with Crippen LogP contribution >= 0.6 is 0 Å². The molecule has 1 aromatic heterocycles. The molecule has 2 N–H and O–H groups in total. The van der Waals surface area contributed by atoms with Crippen LogP contribution in [0.1, 0.15) is 0 Å². The summed E-state index contributed by atoms with van der Waals surface area (Å²) in [4.78, 5) is 26.8. The number of hydrogen-bond acceptors (Lipinski definition) is 6. The van der Waals surface area contributed by atoms with Crippen molar-refractivity contribution in [2.45, 2.75) is 0 Å². The zero-order valence-electron chi connectivity index (χ0n) is 20.1. The zero-order chi connectivity index (χ0) is 24.9. The van der Waals surface area contributed by atoms with Crippen molar-refractivity contribution in [2.75, 3.05) is 48.3 Å². The van der Waals surface area contributed by atoms with Crippen molar-refractivity contribution in [1.29, 1.82) is 0 Å². The SMILES string of the molecule is CN1CCN(c2ccc(Nc3nccc(N(C(=O)O)c4ccc(-c5ccccc5)cc4)n3)cc2)CC1. The lowest BCUT2D eigenvalue weighted by Crippen LogP contribution is -2.44. The van der Waals surface area contributed by atoms with E-state index in [2.05, 4.69) is 44.3 Å². The topological polar surface area (TPSA) is 84.8 Å². The van der Waals surface area contributed by atoms with Gasteiger partial charge in [0.05, 0.1) is 5.69 Å².